The quantitative estimate of drug-likeness (QED) is 0.837. The summed E-state index contributed by atoms with van der Waals surface area (Å²) in [5.41, 5.74) is 0.0654. The molecule has 0 radical (unpaired) electrons. The van der Waals surface area contributed by atoms with Crippen molar-refractivity contribution < 1.29 is 8.42 Å². The van der Waals surface area contributed by atoms with E-state index in [0.29, 0.717) is 13.0 Å². The maximum absolute atomic E-state index is 12.3. The third-order valence-corrected chi connectivity index (χ3v) is 5.12. The van der Waals surface area contributed by atoms with E-state index in [9.17, 15) is 8.42 Å². The van der Waals surface area contributed by atoms with E-state index in [1.165, 1.54) is 0 Å². The van der Waals surface area contributed by atoms with Gasteiger partial charge in [0, 0.05) is 25.2 Å². The van der Waals surface area contributed by atoms with E-state index in [-0.39, 0.29) is 23.3 Å². The molecule has 5 heteroatoms. The highest BCUT2D eigenvalue weighted by Crippen LogP contribution is 2.22. The topological polar surface area (TPSA) is 49.4 Å². The van der Waals surface area contributed by atoms with Gasteiger partial charge in [-0.3, -0.25) is 0 Å². The van der Waals surface area contributed by atoms with Gasteiger partial charge in [0.1, 0.15) is 0 Å². The van der Waals surface area contributed by atoms with Crippen LogP contribution < -0.4 is 5.32 Å². The van der Waals surface area contributed by atoms with Crippen molar-refractivity contribution in [1.29, 1.82) is 0 Å². The average molecular weight is 262 g/mol. The first kappa shape index (κ1) is 14.9. The number of hydrogen-bond acceptors (Lipinski definition) is 3. The zero-order chi connectivity index (χ0) is 13.3. The summed E-state index contributed by atoms with van der Waals surface area (Å²) in [6, 6.07) is 0.312. The molecule has 0 aromatic carbocycles. The molecule has 1 heterocycles. The Kier molecular flexibility index (Phi) is 4.60. The normalized spacial score (nSPS) is 28.3. The number of piperazine rings is 1. The van der Waals surface area contributed by atoms with Crippen LogP contribution in [0, 0.1) is 5.41 Å². The molecule has 1 N–H and O–H groups in total. The van der Waals surface area contributed by atoms with Gasteiger partial charge in [0.05, 0.1) is 5.75 Å². The van der Waals surface area contributed by atoms with Crippen molar-refractivity contribution in [2.45, 2.75) is 53.1 Å². The Labute approximate surface area is 106 Å². The summed E-state index contributed by atoms with van der Waals surface area (Å²) in [5, 5.41) is 3.30. The zero-order valence-electron chi connectivity index (χ0n) is 11.7. The predicted molar refractivity (Wildman–Crippen MR) is 71.5 cm³/mol. The minimum Gasteiger partial charge on any atom is -0.311 e. The molecular formula is C12H26N2O2S. The zero-order valence-corrected chi connectivity index (χ0v) is 12.5. The van der Waals surface area contributed by atoms with Gasteiger partial charge in [-0.1, -0.05) is 20.8 Å². The summed E-state index contributed by atoms with van der Waals surface area (Å²) in [6.07, 6.45) is 0.709. The Balaban J connectivity index is 2.68. The Morgan fingerprint density at radius 2 is 1.88 bits per heavy atom. The molecule has 1 rings (SSSR count). The number of rotatable bonds is 3. The molecule has 1 aliphatic heterocycles. The maximum Gasteiger partial charge on any atom is 0.214 e. The first-order valence-electron chi connectivity index (χ1n) is 6.35. The summed E-state index contributed by atoms with van der Waals surface area (Å²) < 4.78 is 26.2. The number of hydrogen-bond donors (Lipinski definition) is 1. The second-order valence-electron chi connectivity index (χ2n) is 6.35. The van der Waals surface area contributed by atoms with Crippen LogP contribution in [-0.2, 0) is 10.0 Å². The SMILES string of the molecule is CC1CN(S(=O)(=O)CCC(C)(C)C)C(C)CN1. The van der Waals surface area contributed by atoms with Gasteiger partial charge in [-0.15, -0.1) is 0 Å². The molecule has 2 unspecified atom stereocenters. The van der Waals surface area contributed by atoms with Crippen molar-refractivity contribution in [3.05, 3.63) is 0 Å². The third-order valence-electron chi connectivity index (χ3n) is 3.17. The Morgan fingerprint density at radius 1 is 1.29 bits per heavy atom. The predicted octanol–water partition coefficient (Wildman–Crippen LogP) is 1.43. The molecule has 1 aliphatic rings. The average Bonchev–Trinajstić information content (AvgIpc) is 2.18. The van der Waals surface area contributed by atoms with Crippen molar-refractivity contribution in [2.75, 3.05) is 18.8 Å². The van der Waals surface area contributed by atoms with Gasteiger partial charge in [-0.25, -0.2) is 8.42 Å². The van der Waals surface area contributed by atoms with Crippen molar-refractivity contribution in [3.63, 3.8) is 0 Å². The largest absolute Gasteiger partial charge is 0.311 e. The lowest BCUT2D eigenvalue weighted by molar-refractivity contribution is 0.243. The van der Waals surface area contributed by atoms with E-state index in [1.807, 2.05) is 13.8 Å². The van der Waals surface area contributed by atoms with Crippen molar-refractivity contribution in [1.82, 2.24) is 9.62 Å². The standard InChI is InChI=1S/C12H26N2O2S/c1-10-9-14(11(2)8-13-10)17(15,16)7-6-12(3,4)5/h10-11,13H,6-9H2,1-5H3. The molecule has 2 atom stereocenters. The Bertz CT molecular complexity index is 346. The summed E-state index contributed by atoms with van der Waals surface area (Å²) in [4.78, 5) is 0. The summed E-state index contributed by atoms with van der Waals surface area (Å²) in [5.74, 6) is 0.258. The number of nitrogens with zero attached hydrogens (tertiary/aromatic N) is 1. The van der Waals surface area contributed by atoms with E-state index < -0.39 is 10.0 Å². The van der Waals surface area contributed by atoms with Crippen LogP contribution in [0.4, 0.5) is 0 Å². The van der Waals surface area contributed by atoms with Crippen molar-refractivity contribution in [2.24, 2.45) is 5.41 Å². The lowest BCUT2D eigenvalue weighted by Crippen LogP contribution is -2.56. The second kappa shape index (κ2) is 5.24. The van der Waals surface area contributed by atoms with Gasteiger partial charge in [0.25, 0.3) is 0 Å². The van der Waals surface area contributed by atoms with Crippen LogP contribution in [0.3, 0.4) is 0 Å². The molecule has 1 fully saturated rings. The summed E-state index contributed by atoms with van der Waals surface area (Å²) in [7, 11) is -3.11. The highest BCUT2D eigenvalue weighted by molar-refractivity contribution is 7.89. The van der Waals surface area contributed by atoms with Gasteiger partial charge >= 0.3 is 0 Å². The lowest BCUT2D eigenvalue weighted by atomic mass is 9.94. The summed E-state index contributed by atoms with van der Waals surface area (Å²) in [6.45, 7) is 11.6. The first-order chi connectivity index (χ1) is 7.62. The molecule has 0 amide bonds. The van der Waals surface area contributed by atoms with Crippen molar-refractivity contribution in [3.8, 4) is 0 Å². The molecule has 17 heavy (non-hydrogen) atoms. The molecule has 0 aromatic rings. The molecule has 0 aromatic heterocycles. The van der Waals surface area contributed by atoms with Crippen LogP contribution in [0.5, 0.6) is 0 Å². The van der Waals surface area contributed by atoms with E-state index in [2.05, 4.69) is 26.1 Å². The van der Waals surface area contributed by atoms with Crippen LogP contribution in [0.25, 0.3) is 0 Å². The smallest absolute Gasteiger partial charge is 0.214 e. The maximum atomic E-state index is 12.3. The van der Waals surface area contributed by atoms with Gasteiger partial charge in [0.15, 0.2) is 0 Å². The van der Waals surface area contributed by atoms with Gasteiger partial charge < -0.3 is 5.32 Å². The van der Waals surface area contributed by atoms with Crippen LogP contribution >= 0.6 is 0 Å². The van der Waals surface area contributed by atoms with E-state index in [4.69, 9.17) is 0 Å². The fraction of sp³-hybridized carbons (Fsp3) is 1.00. The molecule has 4 nitrogen and oxygen atoms in total. The fourth-order valence-corrected chi connectivity index (χ4v) is 4.11. The Morgan fingerprint density at radius 3 is 2.41 bits per heavy atom. The van der Waals surface area contributed by atoms with E-state index in [1.54, 1.807) is 4.31 Å². The van der Waals surface area contributed by atoms with Gasteiger partial charge in [-0.2, -0.15) is 4.31 Å². The monoisotopic (exact) mass is 262 g/mol. The minimum absolute atomic E-state index is 0.0654. The van der Waals surface area contributed by atoms with Crippen molar-refractivity contribution >= 4 is 10.0 Å². The van der Waals surface area contributed by atoms with Crippen LogP contribution in [0.15, 0.2) is 0 Å². The molecule has 0 spiro atoms. The van der Waals surface area contributed by atoms with E-state index in [0.717, 1.165) is 6.54 Å². The van der Waals surface area contributed by atoms with Crippen LogP contribution in [0.1, 0.15) is 41.0 Å². The summed E-state index contributed by atoms with van der Waals surface area (Å²) >= 11 is 0. The molecule has 1 saturated heterocycles. The molecular weight excluding hydrogens is 236 g/mol. The second-order valence-corrected chi connectivity index (χ2v) is 8.40. The fourth-order valence-electron chi connectivity index (χ4n) is 1.93. The molecule has 0 bridgehead atoms. The minimum atomic E-state index is -3.11. The number of sulfonamides is 1. The Hall–Kier alpha value is -0.130. The molecule has 0 aliphatic carbocycles. The van der Waals surface area contributed by atoms with Crippen LogP contribution in [-0.4, -0.2) is 43.6 Å². The van der Waals surface area contributed by atoms with Gasteiger partial charge in [0.2, 0.25) is 10.0 Å². The van der Waals surface area contributed by atoms with Crippen LogP contribution in [0.2, 0.25) is 0 Å². The third kappa shape index (κ3) is 4.56. The highest BCUT2D eigenvalue weighted by Gasteiger charge is 2.32. The molecule has 0 saturated carbocycles. The number of nitrogens with one attached hydrogen (secondary N) is 1. The van der Waals surface area contributed by atoms with E-state index >= 15 is 0 Å². The lowest BCUT2D eigenvalue weighted by Gasteiger charge is -2.37. The highest BCUT2D eigenvalue weighted by atomic mass is 32.2. The first-order valence-corrected chi connectivity index (χ1v) is 7.96. The molecule has 102 valence electrons. The van der Waals surface area contributed by atoms with Gasteiger partial charge in [-0.05, 0) is 25.7 Å².